The smallest absolute Gasteiger partial charge is 0.268 e. The molecule has 0 bridgehead atoms. The zero-order valence-corrected chi connectivity index (χ0v) is 16.9. The normalized spacial score (nSPS) is 12.1. The summed E-state index contributed by atoms with van der Waals surface area (Å²) in [6, 6.07) is 12.8. The second-order valence-corrected chi connectivity index (χ2v) is 7.31. The number of benzene rings is 1. The summed E-state index contributed by atoms with van der Waals surface area (Å²) < 4.78 is 2.22. The number of aromatic nitrogens is 4. The molecule has 0 aliphatic carbocycles. The molecule has 3 heterocycles. The second kappa shape index (κ2) is 7.94. The highest BCUT2D eigenvalue weighted by molar-refractivity contribution is 5.76. The van der Waals surface area contributed by atoms with E-state index in [4.69, 9.17) is 0 Å². The maximum Gasteiger partial charge on any atom is 0.337 e. The third kappa shape index (κ3) is 3.61. The predicted octanol–water partition coefficient (Wildman–Crippen LogP) is 2.96. The lowest BCUT2D eigenvalue weighted by atomic mass is 10.1. The third-order valence-corrected chi connectivity index (χ3v) is 5.11. The van der Waals surface area contributed by atoms with E-state index in [1.54, 1.807) is 24.4 Å². The number of nitro benzene ring substituents is 1. The van der Waals surface area contributed by atoms with Gasteiger partial charge in [0.1, 0.15) is 5.69 Å². The Morgan fingerprint density at radius 1 is 1.06 bits per heavy atom. The fraction of sp³-hybridized carbons (Fsp3) is 0.182. The van der Waals surface area contributed by atoms with Gasteiger partial charge in [0.15, 0.2) is 5.65 Å². The van der Waals surface area contributed by atoms with Crippen LogP contribution in [0, 0.1) is 17.0 Å². The van der Waals surface area contributed by atoms with E-state index in [0.717, 1.165) is 20.4 Å². The first-order valence-corrected chi connectivity index (χ1v) is 9.65. The van der Waals surface area contributed by atoms with Gasteiger partial charge in [-0.15, -0.1) is 0 Å². The van der Waals surface area contributed by atoms with Crippen molar-refractivity contribution in [1.82, 2.24) is 19.1 Å². The average molecular weight is 417 g/mol. The van der Waals surface area contributed by atoms with E-state index in [1.165, 1.54) is 24.4 Å². The average Bonchev–Trinajstić information content (AvgIpc) is 2.77. The second-order valence-electron chi connectivity index (χ2n) is 7.31. The summed E-state index contributed by atoms with van der Waals surface area (Å²) in [5.41, 5.74) is 0.447. The van der Waals surface area contributed by atoms with Gasteiger partial charge in [-0.1, -0.05) is 19.1 Å². The molecule has 0 fully saturated rings. The Morgan fingerprint density at radius 3 is 2.58 bits per heavy atom. The van der Waals surface area contributed by atoms with Crippen LogP contribution in [0.5, 0.6) is 0 Å². The molecule has 0 N–H and O–H groups in total. The Bertz CT molecular complexity index is 1420. The number of hydrogen-bond acceptors (Lipinski definition) is 6. The van der Waals surface area contributed by atoms with Crippen molar-refractivity contribution in [3.05, 3.63) is 103 Å². The van der Waals surface area contributed by atoms with Gasteiger partial charge >= 0.3 is 5.69 Å². The van der Waals surface area contributed by atoms with E-state index in [1.807, 2.05) is 26.0 Å². The van der Waals surface area contributed by atoms with Gasteiger partial charge in [0.05, 0.1) is 10.3 Å². The van der Waals surface area contributed by atoms with Crippen molar-refractivity contribution in [2.45, 2.75) is 26.3 Å². The molecule has 0 radical (unpaired) electrons. The first kappa shape index (κ1) is 20.1. The van der Waals surface area contributed by atoms with Crippen molar-refractivity contribution in [3.8, 4) is 5.69 Å². The highest BCUT2D eigenvalue weighted by Gasteiger charge is 2.22. The van der Waals surface area contributed by atoms with Crippen LogP contribution in [0.25, 0.3) is 16.7 Å². The Labute approximate surface area is 176 Å². The first-order chi connectivity index (χ1) is 14.9. The highest BCUT2D eigenvalue weighted by Crippen LogP contribution is 2.23. The van der Waals surface area contributed by atoms with Crippen molar-refractivity contribution in [3.63, 3.8) is 0 Å². The topological polar surface area (TPSA) is 113 Å². The molecule has 3 aromatic heterocycles. The van der Waals surface area contributed by atoms with Crippen LogP contribution in [0.4, 0.5) is 5.69 Å². The monoisotopic (exact) mass is 417 g/mol. The van der Waals surface area contributed by atoms with Crippen molar-refractivity contribution in [2.75, 3.05) is 0 Å². The zero-order chi connectivity index (χ0) is 22.1. The molecule has 1 aromatic carbocycles. The molecule has 31 heavy (non-hydrogen) atoms. The fourth-order valence-corrected chi connectivity index (χ4v) is 3.57. The number of rotatable bonds is 5. The maximum atomic E-state index is 13.5. The largest absolute Gasteiger partial charge is 0.337 e. The molecule has 0 saturated carbocycles. The summed E-state index contributed by atoms with van der Waals surface area (Å²) in [7, 11) is 0. The standard InChI is InChI=1S/C22H19N5O4/c1-14-9-11-23-17(12-14)15(2)13-25-21(28)16-6-5-10-24-20(16)26(22(25)29)18-7-3-4-8-19(18)27(30)31/h3-12,15H,13H2,1-2H3. The molecule has 0 amide bonds. The SMILES string of the molecule is Cc1ccnc(C(C)Cn2c(=O)c3cccnc3n(-c3ccccc3[N+](=O)[O-])c2=O)c1. The summed E-state index contributed by atoms with van der Waals surface area (Å²) in [5.74, 6) is -0.237. The van der Waals surface area contributed by atoms with E-state index in [-0.39, 0.29) is 34.9 Å². The molecule has 1 unspecified atom stereocenters. The quantitative estimate of drug-likeness (QED) is 0.364. The number of para-hydroxylation sites is 2. The minimum atomic E-state index is -0.690. The number of hydrogen-bond donors (Lipinski definition) is 0. The van der Waals surface area contributed by atoms with Crippen molar-refractivity contribution in [1.29, 1.82) is 0 Å². The van der Waals surface area contributed by atoms with Gasteiger partial charge in [-0.05, 0) is 42.8 Å². The number of nitro groups is 1. The molecule has 156 valence electrons. The summed E-state index contributed by atoms with van der Waals surface area (Å²) in [6.07, 6.45) is 3.12. The van der Waals surface area contributed by atoms with Crippen LogP contribution in [0.2, 0.25) is 0 Å². The first-order valence-electron chi connectivity index (χ1n) is 9.65. The van der Waals surface area contributed by atoms with Gasteiger partial charge < -0.3 is 0 Å². The molecule has 0 saturated heterocycles. The molecule has 0 spiro atoms. The van der Waals surface area contributed by atoms with Gasteiger partial charge in [0.25, 0.3) is 11.2 Å². The minimum Gasteiger partial charge on any atom is -0.268 e. The van der Waals surface area contributed by atoms with Gasteiger partial charge in [-0.25, -0.2) is 14.3 Å². The Balaban J connectivity index is 1.98. The van der Waals surface area contributed by atoms with Gasteiger partial charge in [0, 0.05) is 36.6 Å². The molecule has 4 aromatic rings. The third-order valence-electron chi connectivity index (χ3n) is 5.11. The van der Waals surface area contributed by atoms with Crippen molar-refractivity contribution < 1.29 is 4.92 Å². The van der Waals surface area contributed by atoms with E-state index in [9.17, 15) is 19.7 Å². The van der Waals surface area contributed by atoms with E-state index < -0.39 is 16.2 Å². The molecule has 4 rings (SSSR count). The molecule has 9 nitrogen and oxygen atoms in total. The number of nitrogens with zero attached hydrogens (tertiary/aromatic N) is 5. The Hall–Kier alpha value is -4.14. The molecule has 0 aliphatic heterocycles. The zero-order valence-electron chi connectivity index (χ0n) is 16.9. The summed E-state index contributed by atoms with van der Waals surface area (Å²) in [6.45, 7) is 3.88. The predicted molar refractivity (Wildman–Crippen MR) is 116 cm³/mol. The Kier molecular flexibility index (Phi) is 5.16. The lowest BCUT2D eigenvalue weighted by Gasteiger charge is -2.16. The van der Waals surface area contributed by atoms with E-state index in [2.05, 4.69) is 9.97 Å². The van der Waals surface area contributed by atoms with Crippen LogP contribution in [0.1, 0.15) is 24.1 Å². The summed E-state index contributed by atoms with van der Waals surface area (Å²) in [4.78, 5) is 46.1. The van der Waals surface area contributed by atoms with Crippen molar-refractivity contribution >= 4 is 16.7 Å². The molecular formula is C22H19N5O4. The molecular weight excluding hydrogens is 398 g/mol. The number of aryl methyl sites for hydroxylation is 1. The lowest BCUT2D eigenvalue weighted by Crippen LogP contribution is -2.41. The summed E-state index contributed by atoms with van der Waals surface area (Å²) in [5, 5.41) is 11.8. The number of fused-ring (bicyclic) bond motifs is 1. The lowest BCUT2D eigenvalue weighted by molar-refractivity contribution is -0.384. The van der Waals surface area contributed by atoms with Crippen LogP contribution >= 0.6 is 0 Å². The van der Waals surface area contributed by atoms with E-state index >= 15 is 0 Å². The highest BCUT2D eigenvalue weighted by atomic mass is 16.6. The fourth-order valence-electron chi connectivity index (χ4n) is 3.57. The van der Waals surface area contributed by atoms with Crippen LogP contribution in [-0.4, -0.2) is 24.0 Å². The molecule has 1 atom stereocenters. The van der Waals surface area contributed by atoms with Gasteiger partial charge in [0.2, 0.25) is 0 Å². The Morgan fingerprint density at radius 2 is 1.84 bits per heavy atom. The number of pyridine rings is 2. The van der Waals surface area contributed by atoms with Crippen LogP contribution in [0.3, 0.4) is 0 Å². The van der Waals surface area contributed by atoms with Crippen molar-refractivity contribution in [2.24, 2.45) is 0 Å². The maximum absolute atomic E-state index is 13.5. The van der Waals surface area contributed by atoms with E-state index in [0.29, 0.717) is 0 Å². The van der Waals surface area contributed by atoms with Gasteiger partial charge in [-0.3, -0.25) is 24.5 Å². The van der Waals surface area contributed by atoms with Crippen LogP contribution in [0.15, 0.2) is 70.5 Å². The molecule has 9 heteroatoms. The summed E-state index contributed by atoms with van der Waals surface area (Å²) >= 11 is 0. The van der Waals surface area contributed by atoms with Gasteiger partial charge in [-0.2, -0.15) is 0 Å². The molecule has 0 aliphatic rings. The van der Waals surface area contributed by atoms with Crippen LogP contribution in [-0.2, 0) is 6.54 Å². The minimum absolute atomic E-state index is 0.0521. The van der Waals surface area contributed by atoms with Crippen LogP contribution < -0.4 is 11.2 Å².